The Morgan fingerprint density at radius 2 is 1.26 bits per heavy atom. The molecular weight excluding hydrogens is 795 g/mol. The van der Waals surface area contributed by atoms with Gasteiger partial charge in [0.25, 0.3) is 30.4 Å². The molecule has 0 atom stereocenters. The lowest BCUT2D eigenvalue weighted by Crippen LogP contribution is -2.09. The number of benzene rings is 5. The lowest BCUT2D eigenvalue weighted by molar-refractivity contribution is -0.432. The van der Waals surface area contributed by atoms with Gasteiger partial charge in [-0.2, -0.15) is 40.2 Å². The highest BCUT2D eigenvalue weighted by Gasteiger charge is 2.21. The smallest absolute Gasteiger partial charge is 0.335 e. The van der Waals surface area contributed by atoms with Crippen LogP contribution in [0.2, 0.25) is 0 Å². The van der Waals surface area contributed by atoms with E-state index < -0.39 is 51.0 Å². The Morgan fingerprint density at radius 1 is 0.685 bits per heavy atom. The van der Waals surface area contributed by atoms with Gasteiger partial charge in [0.2, 0.25) is 11.9 Å². The topological polar surface area (TPSA) is 302 Å². The number of fused-ring (bicyclic) bond motifs is 2. The Hall–Kier alpha value is -5.34. The Kier molecular flexibility index (Phi) is 10.5. The first-order chi connectivity index (χ1) is 25.4. The molecule has 280 valence electrons. The van der Waals surface area contributed by atoms with Crippen molar-refractivity contribution in [3.8, 4) is 0 Å². The minimum absolute atomic E-state index is 0.00309. The summed E-state index contributed by atoms with van der Waals surface area (Å²) in [6, 6.07) is 18.5. The van der Waals surface area contributed by atoms with Crippen molar-refractivity contribution in [2.45, 2.75) is 26.0 Å². The average Bonchev–Trinajstić information content (AvgIpc) is 3.08. The number of nitrogens with one attached hydrogen (secondary N) is 2. The van der Waals surface area contributed by atoms with Crippen molar-refractivity contribution < 1.29 is 63.4 Å². The largest absolute Gasteiger partial charge is 0.478 e. The number of anilines is 4. The Morgan fingerprint density at radius 3 is 1.80 bits per heavy atom. The minimum Gasteiger partial charge on any atom is -0.478 e. The quantitative estimate of drug-likeness (QED) is 0.0344. The second kappa shape index (κ2) is 14.8. The maximum atomic E-state index is 12.1. The Labute approximate surface area is 309 Å². The molecule has 0 saturated heterocycles. The third-order valence-corrected chi connectivity index (χ3v) is 10.7. The van der Waals surface area contributed by atoms with Gasteiger partial charge in [0, 0.05) is 33.5 Å². The number of carboxylic acid groups (broad SMARTS) is 1. The van der Waals surface area contributed by atoms with E-state index in [0.717, 1.165) is 12.1 Å². The summed E-state index contributed by atoms with van der Waals surface area (Å²) in [5, 5.41) is 27.8. The molecule has 1 aromatic heterocycles. The van der Waals surface area contributed by atoms with Gasteiger partial charge < -0.3 is 15.7 Å². The molecule has 0 amide bonds. The van der Waals surface area contributed by atoms with Crippen molar-refractivity contribution in [2.24, 2.45) is 0 Å². The molecule has 7 N–H and O–H groups in total. The van der Waals surface area contributed by atoms with Gasteiger partial charge in [0.05, 0.1) is 22.5 Å². The minimum atomic E-state index is -4.93. The van der Waals surface area contributed by atoms with Crippen molar-refractivity contribution in [1.29, 1.82) is 0 Å². The summed E-state index contributed by atoms with van der Waals surface area (Å²) in [6.07, 6.45) is 0.00309. The van der Waals surface area contributed by atoms with E-state index in [1.807, 2.05) is 0 Å². The van der Waals surface area contributed by atoms with Crippen LogP contribution in [-0.2, 0) is 46.1 Å². The normalized spacial score (nSPS) is 12.2. The summed E-state index contributed by atoms with van der Waals surface area (Å²) in [5.74, 6) is -1.22. The van der Waals surface area contributed by atoms with Crippen molar-refractivity contribution in [2.75, 3.05) is 10.6 Å². The number of nitrogens with zero attached hydrogens (tertiary/aromatic N) is 3. The van der Waals surface area contributed by atoms with E-state index in [1.165, 1.54) is 60.7 Å². The number of carboxylic acids is 1. The fourth-order valence-corrected chi connectivity index (χ4v) is 7.94. The summed E-state index contributed by atoms with van der Waals surface area (Å²) >= 11 is 0.458. The number of aromatic nitrogens is 3. The monoisotopic (exact) mass is 817 g/mol. The van der Waals surface area contributed by atoms with Gasteiger partial charge in [-0.3, -0.25) is 13.7 Å². The lowest BCUT2D eigenvalue weighted by atomic mass is 10.1. The number of hydrogen-bond donors (Lipinski definition) is 7. The zero-order valence-corrected chi connectivity index (χ0v) is 29.9. The maximum absolute atomic E-state index is 12.1. The zero-order valence-electron chi connectivity index (χ0n) is 26.7. The van der Waals surface area contributed by atoms with Gasteiger partial charge in [-0.25, -0.2) is 10.1 Å². The molecule has 0 radical (unpaired) electrons. The number of rotatable bonds is 13. The Balaban J connectivity index is 1.43. The van der Waals surface area contributed by atoms with Crippen LogP contribution in [0.1, 0.15) is 21.7 Å². The van der Waals surface area contributed by atoms with Crippen LogP contribution in [0.3, 0.4) is 0 Å². The molecule has 0 unspecified atom stereocenters. The lowest BCUT2D eigenvalue weighted by Gasteiger charge is -2.13. The van der Waals surface area contributed by atoms with E-state index in [1.54, 1.807) is 6.07 Å². The fraction of sp³-hybridized carbons (Fsp3) is 0.0323. The van der Waals surface area contributed by atoms with Crippen LogP contribution in [-0.4, -0.2) is 70.2 Å². The van der Waals surface area contributed by atoms with Gasteiger partial charge >= 0.3 is 5.97 Å². The van der Waals surface area contributed by atoms with Crippen molar-refractivity contribution in [1.82, 2.24) is 15.0 Å². The first-order valence-electron chi connectivity index (χ1n) is 14.7. The summed E-state index contributed by atoms with van der Waals surface area (Å²) < 4.78 is 106. The van der Waals surface area contributed by atoms with E-state index >= 15 is 0 Å². The molecular formula is C31H23N5O14S4. The molecule has 0 spiro atoms. The van der Waals surface area contributed by atoms with Gasteiger partial charge in [-0.1, -0.05) is 29.3 Å². The van der Waals surface area contributed by atoms with Crippen molar-refractivity contribution in [3.63, 3.8) is 0 Å². The summed E-state index contributed by atoms with van der Waals surface area (Å²) in [7, 11) is -14.5. The van der Waals surface area contributed by atoms with Crippen LogP contribution in [0.5, 0.6) is 0 Å². The summed E-state index contributed by atoms with van der Waals surface area (Å²) in [5.41, 5.74) is 1.02. The first kappa shape index (κ1) is 38.4. The predicted molar refractivity (Wildman–Crippen MR) is 191 cm³/mol. The molecule has 0 saturated carbocycles. The van der Waals surface area contributed by atoms with E-state index in [2.05, 4.69) is 35.0 Å². The molecule has 0 bridgehead atoms. The second-order valence-electron chi connectivity index (χ2n) is 11.2. The molecule has 19 nitrogen and oxygen atoms in total. The standard InChI is InChI=1S/C31H23N5O14S4/c37-29(38)17-3-1-2-16(8-17)9-28-34-30(32-20-4-6-24-18(10-20)12-22(51-50-49-39)14-26(24)53(43,44)45)36-31(35-28)33-21-5-7-25-19(11-21)13-23(52(40,41)42)15-27(25)54(46,47)48/h1-8,10-15,39H,9H2,(H,37,38)(H,40,41,42)(H,43,44,45)(H,46,47,48)(H2,32,33,34,35,36). The molecule has 1 heterocycles. The highest BCUT2D eigenvalue weighted by molar-refractivity contribution is 7.94. The summed E-state index contributed by atoms with van der Waals surface area (Å²) in [6.45, 7) is 0. The third-order valence-electron chi connectivity index (χ3n) is 7.52. The van der Waals surface area contributed by atoms with E-state index in [0.29, 0.717) is 29.4 Å². The van der Waals surface area contributed by atoms with E-state index in [9.17, 15) is 48.8 Å². The molecule has 6 rings (SSSR count). The van der Waals surface area contributed by atoms with Gasteiger partial charge in [0.1, 0.15) is 15.6 Å². The fourth-order valence-electron chi connectivity index (χ4n) is 5.32. The molecule has 0 aliphatic rings. The van der Waals surface area contributed by atoms with E-state index in [4.69, 9.17) is 5.26 Å². The second-order valence-corrected chi connectivity index (χ2v) is 16.2. The molecule has 5 aromatic carbocycles. The maximum Gasteiger partial charge on any atom is 0.335 e. The highest BCUT2D eigenvalue weighted by atomic mass is 32.2. The van der Waals surface area contributed by atoms with Gasteiger partial charge in [-0.05, 0) is 77.0 Å². The first-order valence-corrected chi connectivity index (χ1v) is 19.8. The van der Waals surface area contributed by atoms with Gasteiger partial charge in [-0.15, -0.1) is 4.33 Å². The number of carbonyl (C=O) groups is 1. The Bertz CT molecular complexity index is 2820. The number of hydrogen-bond acceptors (Lipinski definition) is 16. The van der Waals surface area contributed by atoms with Crippen LogP contribution in [0.15, 0.2) is 105 Å². The van der Waals surface area contributed by atoms with E-state index in [-0.39, 0.29) is 61.8 Å². The van der Waals surface area contributed by atoms with Crippen LogP contribution >= 0.6 is 12.0 Å². The molecule has 0 fully saturated rings. The third kappa shape index (κ3) is 8.88. The molecule has 0 aliphatic carbocycles. The molecule has 6 aromatic rings. The zero-order chi connectivity index (χ0) is 39.0. The number of aromatic carboxylic acids is 1. The van der Waals surface area contributed by atoms with Crippen molar-refractivity contribution >= 4 is 93.2 Å². The molecule has 54 heavy (non-hydrogen) atoms. The van der Waals surface area contributed by atoms with Crippen LogP contribution in [0.4, 0.5) is 23.3 Å². The summed E-state index contributed by atoms with van der Waals surface area (Å²) in [4.78, 5) is 22.9. The highest BCUT2D eigenvalue weighted by Crippen LogP contribution is 2.34. The SMILES string of the molecule is O=C(O)c1cccc(Cc2nc(Nc3ccc4c(S(=O)(=O)O)cc(SOOO)cc4c3)nc(Nc3ccc4c(S(=O)(=O)O)cc(S(=O)(=O)O)cc4c3)n2)c1. The molecule has 0 aliphatic heterocycles. The van der Waals surface area contributed by atoms with Gasteiger partial charge in [0.15, 0.2) is 0 Å². The van der Waals surface area contributed by atoms with Crippen molar-refractivity contribution in [3.05, 3.63) is 102 Å². The predicted octanol–water partition coefficient (Wildman–Crippen LogP) is 5.12. The van der Waals surface area contributed by atoms with Crippen LogP contribution in [0, 0.1) is 0 Å². The van der Waals surface area contributed by atoms with Crippen LogP contribution < -0.4 is 10.6 Å². The molecule has 23 heteroatoms. The average molecular weight is 818 g/mol. The van der Waals surface area contributed by atoms with Crippen LogP contribution in [0.25, 0.3) is 21.5 Å².